The first kappa shape index (κ1) is 28.1. The predicted octanol–water partition coefficient (Wildman–Crippen LogP) is 2.50. The van der Waals surface area contributed by atoms with Crippen LogP contribution < -0.4 is 20.8 Å². The van der Waals surface area contributed by atoms with Crippen molar-refractivity contribution in [3.8, 4) is 28.3 Å². The molecule has 0 saturated heterocycles. The molecule has 0 aliphatic heterocycles. The van der Waals surface area contributed by atoms with Gasteiger partial charge in [0.15, 0.2) is 21.3 Å². The molecule has 2 heterocycles. The number of nitrogens with zero attached hydrogens (tertiary/aromatic N) is 3. The smallest absolute Gasteiger partial charge is 0.320 e. The monoisotopic (exact) mass is 574 g/mol. The molecule has 0 aliphatic rings. The van der Waals surface area contributed by atoms with Crippen LogP contribution in [-0.4, -0.2) is 66.4 Å². The van der Waals surface area contributed by atoms with Crippen molar-refractivity contribution in [2.75, 3.05) is 31.8 Å². The third-order valence-electron chi connectivity index (χ3n) is 5.90. The van der Waals surface area contributed by atoms with Crippen LogP contribution in [0, 0.1) is 0 Å². The Morgan fingerprint density at radius 1 is 1.10 bits per heavy atom. The number of rotatable bonds is 11. The number of aromatic nitrogens is 3. The van der Waals surface area contributed by atoms with E-state index >= 15 is 0 Å². The van der Waals surface area contributed by atoms with Crippen LogP contribution in [0.1, 0.15) is 6.92 Å². The number of carbonyl (C=O) groups excluding carboxylic acids is 1. The average Bonchev–Trinajstić information content (AvgIpc) is 3.37. The lowest BCUT2D eigenvalue weighted by Crippen LogP contribution is -2.35. The Bertz CT molecular complexity index is 1650. The van der Waals surface area contributed by atoms with Crippen LogP contribution in [0.15, 0.2) is 65.8 Å². The number of hydrogen-bond acceptors (Lipinski definition) is 9. The highest BCUT2D eigenvalue weighted by atomic mass is 35.5. The molecule has 0 amide bonds. The molecular weight excluding hydrogens is 548 g/mol. The summed E-state index contributed by atoms with van der Waals surface area (Å²) in [5, 5.41) is 4.98. The van der Waals surface area contributed by atoms with Gasteiger partial charge in [0.1, 0.15) is 24.6 Å². The molecule has 2 N–H and O–H groups in total. The molecule has 0 aliphatic carbocycles. The molecule has 206 valence electrons. The Morgan fingerprint density at radius 2 is 1.85 bits per heavy atom. The Balaban J connectivity index is 1.59. The number of nitrogens with two attached hydrogens (primary N) is 1. The van der Waals surface area contributed by atoms with Crippen LogP contribution in [0.5, 0.6) is 11.5 Å². The second-order valence-electron chi connectivity index (χ2n) is 8.53. The van der Waals surface area contributed by atoms with Crippen molar-refractivity contribution in [2.24, 2.45) is 5.73 Å². The first-order valence-electron chi connectivity index (χ1n) is 11.9. The normalized spacial score (nSPS) is 12.3. The highest BCUT2D eigenvalue weighted by Crippen LogP contribution is 2.30. The van der Waals surface area contributed by atoms with E-state index in [0.29, 0.717) is 16.2 Å². The van der Waals surface area contributed by atoms with Gasteiger partial charge in [-0.1, -0.05) is 30.7 Å². The fourth-order valence-corrected chi connectivity index (χ4v) is 4.93. The topological polar surface area (TPSA) is 144 Å². The second kappa shape index (κ2) is 11.9. The molecule has 0 unspecified atom stereocenters. The number of halogens is 1. The lowest BCUT2D eigenvalue weighted by atomic mass is 10.1. The Hall–Kier alpha value is -3.87. The minimum absolute atomic E-state index is 0.113. The molecule has 0 bridgehead atoms. The maximum absolute atomic E-state index is 13.3. The lowest BCUT2D eigenvalue weighted by molar-refractivity contribution is -0.147. The van der Waals surface area contributed by atoms with Gasteiger partial charge in [0.25, 0.3) is 5.56 Å². The first-order chi connectivity index (χ1) is 18.6. The second-order valence-corrected chi connectivity index (χ2v) is 11.4. The van der Waals surface area contributed by atoms with Gasteiger partial charge < -0.3 is 19.9 Å². The molecule has 4 aromatic rings. The van der Waals surface area contributed by atoms with Crippen LogP contribution >= 0.6 is 11.6 Å². The summed E-state index contributed by atoms with van der Waals surface area (Å²) >= 11 is 5.98. The number of esters is 1. The number of sulfone groups is 1. The Labute approximate surface area is 229 Å². The van der Waals surface area contributed by atoms with Gasteiger partial charge >= 0.3 is 5.97 Å². The van der Waals surface area contributed by atoms with E-state index in [1.54, 1.807) is 42.6 Å². The molecule has 0 radical (unpaired) electrons. The quantitative estimate of drug-likeness (QED) is 0.267. The van der Waals surface area contributed by atoms with Crippen molar-refractivity contribution in [1.82, 2.24) is 14.2 Å². The average molecular weight is 575 g/mol. The Kier molecular flexibility index (Phi) is 8.58. The van der Waals surface area contributed by atoms with E-state index < -0.39 is 34.2 Å². The van der Waals surface area contributed by atoms with Crippen molar-refractivity contribution >= 4 is 32.9 Å². The standard InChI is InChI=1S/C26H27ClN4O7S/c1-3-39(34,35)15-21(38-25(32)12-28)14-37-23-9-8-20(11-24(23)36-2)30-16-29-31-13-18(10-22(31)26(30)33)17-4-6-19(27)7-5-17/h4-11,13,16,21H,3,12,14-15,28H2,1-2H3/t21-/m0/s1. The summed E-state index contributed by atoms with van der Waals surface area (Å²) < 4.78 is 43.4. The molecule has 39 heavy (non-hydrogen) atoms. The predicted molar refractivity (Wildman–Crippen MR) is 147 cm³/mol. The molecule has 2 aromatic carbocycles. The number of benzene rings is 2. The molecule has 2 aromatic heterocycles. The van der Waals surface area contributed by atoms with Crippen LogP contribution in [0.25, 0.3) is 22.3 Å². The third-order valence-corrected chi connectivity index (χ3v) is 7.91. The van der Waals surface area contributed by atoms with Gasteiger partial charge in [-0.15, -0.1) is 0 Å². The van der Waals surface area contributed by atoms with Gasteiger partial charge in [-0.05, 0) is 35.9 Å². The van der Waals surface area contributed by atoms with Crippen LogP contribution in [-0.2, 0) is 19.4 Å². The molecule has 1 atom stereocenters. The van der Waals surface area contributed by atoms with Crippen LogP contribution in [0.2, 0.25) is 5.02 Å². The summed E-state index contributed by atoms with van der Waals surface area (Å²) in [6.45, 7) is 0.864. The molecule has 0 saturated carbocycles. The van der Waals surface area contributed by atoms with Gasteiger partial charge in [0.05, 0.1) is 25.1 Å². The number of hydrogen-bond donors (Lipinski definition) is 1. The zero-order valence-electron chi connectivity index (χ0n) is 21.2. The number of ether oxygens (including phenoxy) is 3. The summed E-state index contributed by atoms with van der Waals surface area (Å²) in [5.41, 5.74) is 7.53. The minimum Gasteiger partial charge on any atom is -0.493 e. The summed E-state index contributed by atoms with van der Waals surface area (Å²) in [6.07, 6.45) is 2.09. The number of fused-ring (bicyclic) bond motifs is 1. The van der Waals surface area contributed by atoms with Crippen molar-refractivity contribution in [3.05, 3.63) is 76.4 Å². The van der Waals surface area contributed by atoms with E-state index in [0.717, 1.165) is 11.1 Å². The fraction of sp³-hybridized carbons (Fsp3) is 0.269. The van der Waals surface area contributed by atoms with Crippen molar-refractivity contribution in [3.63, 3.8) is 0 Å². The highest BCUT2D eigenvalue weighted by molar-refractivity contribution is 7.91. The molecule has 4 rings (SSSR count). The van der Waals surface area contributed by atoms with Crippen LogP contribution in [0.3, 0.4) is 0 Å². The molecule has 11 nitrogen and oxygen atoms in total. The molecule has 0 fully saturated rings. The van der Waals surface area contributed by atoms with E-state index in [2.05, 4.69) is 5.10 Å². The van der Waals surface area contributed by atoms with Crippen molar-refractivity contribution < 1.29 is 27.4 Å². The molecule has 0 spiro atoms. The van der Waals surface area contributed by atoms with E-state index in [9.17, 15) is 18.0 Å². The largest absolute Gasteiger partial charge is 0.493 e. The summed E-state index contributed by atoms with van der Waals surface area (Å²) in [7, 11) is -2.03. The van der Waals surface area contributed by atoms with E-state index in [-0.39, 0.29) is 29.4 Å². The number of methoxy groups -OCH3 is 1. The van der Waals surface area contributed by atoms with Gasteiger partial charge in [-0.3, -0.25) is 14.2 Å². The van der Waals surface area contributed by atoms with E-state index in [1.165, 1.54) is 29.4 Å². The number of carbonyl (C=O) groups is 1. The first-order valence-corrected chi connectivity index (χ1v) is 14.1. The fourth-order valence-electron chi connectivity index (χ4n) is 3.83. The van der Waals surface area contributed by atoms with E-state index in [1.807, 2.05) is 12.1 Å². The Morgan fingerprint density at radius 3 is 2.51 bits per heavy atom. The van der Waals surface area contributed by atoms with E-state index in [4.69, 9.17) is 31.5 Å². The van der Waals surface area contributed by atoms with Crippen molar-refractivity contribution in [1.29, 1.82) is 0 Å². The summed E-state index contributed by atoms with van der Waals surface area (Å²) in [5.74, 6) is -0.731. The van der Waals surface area contributed by atoms with Crippen LogP contribution in [0.4, 0.5) is 0 Å². The van der Waals surface area contributed by atoms with Gasteiger partial charge in [-0.25, -0.2) is 12.9 Å². The van der Waals surface area contributed by atoms with Gasteiger partial charge in [0.2, 0.25) is 0 Å². The third kappa shape index (κ3) is 6.59. The van der Waals surface area contributed by atoms with Gasteiger partial charge in [0, 0.05) is 28.6 Å². The highest BCUT2D eigenvalue weighted by Gasteiger charge is 2.23. The lowest BCUT2D eigenvalue weighted by Gasteiger charge is -2.19. The zero-order valence-corrected chi connectivity index (χ0v) is 22.8. The summed E-state index contributed by atoms with van der Waals surface area (Å²) in [4.78, 5) is 25.0. The summed E-state index contributed by atoms with van der Waals surface area (Å²) in [6, 6.07) is 13.8. The molecular formula is C26H27ClN4O7S. The maximum Gasteiger partial charge on any atom is 0.320 e. The maximum atomic E-state index is 13.3. The minimum atomic E-state index is -3.46. The van der Waals surface area contributed by atoms with Gasteiger partial charge in [-0.2, -0.15) is 5.10 Å². The molecule has 13 heteroatoms. The SMILES string of the molecule is CCS(=O)(=O)C[C@H](COc1ccc(-n2cnn3cc(-c4ccc(Cl)cc4)cc3c2=O)cc1OC)OC(=O)CN. The zero-order chi connectivity index (χ0) is 28.2. The van der Waals surface area contributed by atoms with Crippen molar-refractivity contribution in [2.45, 2.75) is 13.0 Å².